The summed E-state index contributed by atoms with van der Waals surface area (Å²) in [5.41, 5.74) is 13.4. The molecule has 57 heavy (non-hydrogen) atoms. The van der Waals surface area contributed by atoms with Crippen LogP contribution in [0.3, 0.4) is 0 Å². The topological polar surface area (TPSA) is 57.0 Å². The molecule has 7 aromatic carbocycles. The van der Waals surface area contributed by atoms with Gasteiger partial charge in [0, 0.05) is 43.8 Å². The number of benzene rings is 7. The summed E-state index contributed by atoms with van der Waals surface area (Å²) in [5.74, 6) is 0.632. The van der Waals surface area contributed by atoms with Crippen molar-refractivity contribution in [2.24, 2.45) is 0 Å². The van der Waals surface area contributed by atoms with Crippen molar-refractivity contribution in [3.8, 4) is 44.9 Å². The standard InChI is InChI=1S/C52H33N3O2/c1-3-13-38(4-2)55-44-19-12-11-18-39(44)40-28-34(20-24-45(40)55)35-21-25-46-41(29-35)42-30-36(22-26-47(42)56-46)37-23-27-48-43(31-37)49-50(32-14-7-5-8-15-32)53-51(54-52(49)57-48)33-16-9-6-10-17-33/h3-31H,1-2H2/b38-13+. The van der Waals surface area contributed by atoms with Gasteiger partial charge in [0.25, 0.3) is 0 Å². The van der Waals surface area contributed by atoms with Crippen molar-refractivity contribution >= 4 is 71.5 Å². The van der Waals surface area contributed by atoms with Crippen LogP contribution in [0.15, 0.2) is 198 Å². The maximum absolute atomic E-state index is 6.44. The molecule has 0 atom stereocenters. The van der Waals surface area contributed by atoms with E-state index in [0.29, 0.717) is 11.5 Å². The molecule has 11 rings (SSSR count). The third-order valence-electron chi connectivity index (χ3n) is 11.0. The number of hydrogen-bond donors (Lipinski definition) is 0. The maximum atomic E-state index is 6.44. The second-order valence-electron chi connectivity index (χ2n) is 14.3. The zero-order chi connectivity index (χ0) is 38.0. The Kier molecular flexibility index (Phi) is 7.41. The fourth-order valence-corrected chi connectivity index (χ4v) is 8.30. The number of nitrogens with zero attached hydrogens (tertiary/aromatic N) is 3. The number of fused-ring (bicyclic) bond motifs is 9. The van der Waals surface area contributed by atoms with E-state index in [1.165, 1.54) is 10.8 Å². The second-order valence-corrected chi connectivity index (χ2v) is 14.3. The van der Waals surface area contributed by atoms with E-state index in [2.05, 4.69) is 121 Å². The molecule has 5 heteroatoms. The van der Waals surface area contributed by atoms with Crippen molar-refractivity contribution in [2.75, 3.05) is 0 Å². The molecule has 0 bridgehead atoms. The molecule has 0 N–H and O–H groups in total. The Balaban J connectivity index is 1.04. The van der Waals surface area contributed by atoms with Crippen LogP contribution in [0.1, 0.15) is 0 Å². The van der Waals surface area contributed by atoms with Gasteiger partial charge in [0.15, 0.2) is 5.82 Å². The molecule has 0 aliphatic carbocycles. The lowest BCUT2D eigenvalue weighted by Gasteiger charge is -2.09. The lowest BCUT2D eigenvalue weighted by atomic mass is 9.98. The van der Waals surface area contributed by atoms with Gasteiger partial charge in [-0.2, -0.15) is 4.98 Å². The number of hydrogen-bond acceptors (Lipinski definition) is 4. The first-order valence-corrected chi connectivity index (χ1v) is 19.0. The number of aromatic nitrogens is 3. The lowest BCUT2D eigenvalue weighted by molar-refractivity contribution is 0.653. The Morgan fingerprint density at radius 1 is 0.474 bits per heavy atom. The first-order chi connectivity index (χ1) is 28.1. The average molecular weight is 732 g/mol. The van der Waals surface area contributed by atoms with Crippen molar-refractivity contribution in [3.05, 3.63) is 189 Å². The molecular weight excluding hydrogens is 699 g/mol. The average Bonchev–Trinajstić information content (AvgIpc) is 3.94. The van der Waals surface area contributed by atoms with E-state index in [-0.39, 0.29) is 0 Å². The number of furan rings is 2. The van der Waals surface area contributed by atoms with Gasteiger partial charge in [0.05, 0.1) is 22.1 Å². The molecule has 4 aromatic heterocycles. The largest absolute Gasteiger partial charge is 0.456 e. The SMILES string of the molecule is C=C/C=C(\C=C)n1c2ccccc2c2cc(-c3ccc4oc5ccc(-c6ccc7oc8nc(-c9ccccc9)nc(-c9ccccc9)c8c7c6)cc5c4c3)ccc21. The second kappa shape index (κ2) is 12.9. The van der Waals surface area contributed by atoms with Gasteiger partial charge < -0.3 is 13.4 Å². The first-order valence-electron chi connectivity index (χ1n) is 19.0. The molecule has 0 aliphatic rings. The first kappa shape index (κ1) is 32.7. The zero-order valence-electron chi connectivity index (χ0n) is 30.8. The van der Waals surface area contributed by atoms with Crippen LogP contribution in [0, 0.1) is 0 Å². The van der Waals surface area contributed by atoms with Gasteiger partial charge in [-0.3, -0.25) is 0 Å². The van der Waals surface area contributed by atoms with Crippen LogP contribution in [0.25, 0.3) is 116 Å². The summed E-state index contributed by atoms with van der Waals surface area (Å²) >= 11 is 0. The Morgan fingerprint density at radius 3 is 1.67 bits per heavy atom. The summed E-state index contributed by atoms with van der Waals surface area (Å²) in [6.45, 7) is 8.01. The van der Waals surface area contributed by atoms with E-state index in [4.69, 9.17) is 18.8 Å². The summed E-state index contributed by atoms with van der Waals surface area (Å²) in [6.07, 6.45) is 5.67. The fourth-order valence-electron chi connectivity index (χ4n) is 8.30. The molecule has 5 nitrogen and oxygen atoms in total. The minimum absolute atomic E-state index is 0.566. The Hall–Kier alpha value is -7.76. The zero-order valence-corrected chi connectivity index (χ0v) is 30.8. The van der Waals surface area contributed by atoms with Crippen molar-refractivity contribution in [3.63, 3.8) is 0 Å². The smallest absolute Gasteiger partial charge is 0.231 e. The lowest BCUT2D eigenvalue weighted by Crippen LogP contribution is -1.93. The molecular formula is C52H33N3O2. The van der Waals surface area contributed by atoms with E-state index >= 15 is 0 Å². The highest BCUT2D eigenvalue weighted by Crippen LogP contribution is 2.41. The van der Waals surface area contributed by atoms with E-state index in [1.54, 1.807) is 6.08 Å². The van der Waals surface area contributed by atoms with E-state index in [0.717, 1.165) is 94.1 Å². The predicted octanol–water partition coefficient (Wildman–Crippen LogP) is 14.3. The molecule has 0 fully saturated rings. The van der Waals surface area contributed by atoms with Crippen LogP contribution < -0.4 is 0 Å². The van der Waals surface area contributed by atoms with Gasteiger partial charge in [0.1, 0.15) is 16.7 Å². The fraction of sp³-hybridized carbons (Fsp3) is 0. The van der Waals surface area contributed by atoms with E-state index < -0.39 is 0 Å². The number of rotatable bonds is 7. The Morgan fingerprint density at radius 2 is 1.02 bits per heavy atom. The van der Waals surface area contributed by atoms with Crippen molar-refractivity contribution in [1.29, 1.82) is 0 Å². The third kappa shape index (κ3) is 5.24. The number of allylic oxidation sites excluding steroid dienone is 4. The summed E-state index contributed by atoms with van der Waals surface area (Å²) in [4.78, 5) is 10.0. The molecule has 11 aromatic rings. The van der Waals surface area contributed by atoms with Gasteiger partial charge in [-0.15, -0.1) is 0 Å². The van der Waals surface area contributed by atoms with Crippen LogP contribution in [0.2, 0.25) is 0 Å². The molecule has 0 unspecified atom stereocenters. The Bertz CT molecular complexity index is 3440. The van der Waals surface area contributed by atoms with Gasteiger partial charge in [-0.05, 0) is 89.0 Å². The Labute approximate surface area is 327 Å². The molecule has 4 heterocycles. The summed E-state index contributed by atoms with van der Waals surface area (Å²) in [5, 5.41) is 6.36. The molecule has 0 saturated heterocycles. The van der Waals surface area contributed by atoms with Crippen LogP contribution in [0.4, 0.5) is 0 Å². The van der Waals surface area contributed by atoms with Crippen LogP contribution in [0.5, 0.6) is 0 Å². The minimum Gasteiger partial charge on any atom is -0.456 e. The normalized spacial score (nSPS) is 12.1. The molecule has 0 saturated carbocycles. The highest BCUT2D eigenvalue weighted by atomic mass is 16.3. The molecule has 268 valence electrons. The monoisotopic (exact) mass is 731 g/mol. The third-order valence-corrected chi connectivity index (χ3v) is 11.0. The molecule has 0 amide bonds. The van der Waals surface area contributed by atoms with Crippen molar-refractivity contribution in [2.45, 2.75) is 0 Å². The van der Waals surface area contributed by atoms with Crippen LogP contribution >= 0.6 is 0 Å². The molecule has 0 radical (unpaired) electrons. The highest BCUT2D eigenvalue weighted by Gasteiger charge is 2.20. The highest BCUT2D eigenvalue weighted by molar-refractivity contribution is 6.14. The predicted molar refractivity (Wildman–Crippen MR) is 236 cm³/mol. The van der Waals surface area contributed by atoms with Gasteiger partial charge in [-0.25, -0.2) is 4.98 Å². The van der Waals surface area contributed by atoms with E-state index in [1.807, 2.05) is 66.7 Å². The van der Waals surface area contributed by atoms with Crippen LogP contribution in [-0.2, 0) is 0 Å². The molecule has 0 aliphatic heterocycles. The quantitative estimate of drug-likeness (QED) is 0.153. The number of para-hydroxylation sites is 1. The van der Waals surface area contributed by atoms with Crippen molar-refractivity contribution < 1.29 is 8.83 Å². The van der Waals surface area contributed by atoms with Crippen LogP contribution in [-0.4, -0.2) is 14.5 Å². The van der Waals surface area contributed by atoms with Gasteiger partial charge in [-0.1, -0.05) is 122 Å². The maximum Gasteiger partial charge on any atom is 0.231 e. The summed E-state index contributed by atoms with van der Waals surface area (Å²) < 4.78 is 15.1. The van der Waals surface area contributed by atoms with Gasteiger partial charge >= 0.3 is 0 Å². The van der Waals surface area contributed by atoms with E-state index in [9.17, 15) is 0 Å². The minimum atomic E-state index is 0.566. The summed E-state index contributed by atoms with van der Waals surface area (Å²) in [6, 6.07) is 54.7. The molecule has 0 spiro atoms. The van der Waals surface area contributed by atoms with Crippen molar-refractivity contribution in [1.82, 2.24) is 14.5 Å². The van der Waals surface area contributed by atoms with Gasteiger partial charge in [0.2, 0.25) is 5.71 Å². The summed E-state index contributed by atoms with van der Waals surface area (Å²) in [7, 11) is 0.